The summed E-state index contributed by atoms with van der Waals surface area (Å²) < 4.78 is 5.30. The average Bonchev–Trinajstić information content (AvgIpc) is 3.26. The number of imidazole rings is 1. The van der Waals surface area contributed by atoms with Gasteiger partial charge in [0.2, 0.25) is 5.76 Å². The molecule has 0 saturated heterocycles. The summed E-state index contributed by atoms with van der Waals surface area (Å²) >= 11 is 0. The molecule has 4 N–H and O–H groups in total. The zero-order chi connectivity index (χ0) is 20.3. The number of aromatic amines is 1. The predicted molar refractivity (Wildman–Crippen MR) is 101 cm³/mol. The number of hydrogen-bond donors (Lipinski definition) is 4. The van der Waals surface area contributed by atoms with E-state index in [2.05, 4.69) is 20.4 Å². The third-order valence-corrected chi connectivity index (χ3v) is 4.30. The molecule has 2 aromatic heterocycles. The molecule has 0 amide bonds. The lowest BCUT2D eigenvalue weighted by molar-refractivity contribution is -0.142. The lowest BCUT2D eigenvalue weighted by Gasteiger charge is -2.21. The van der Waals surface area contributed by atoms with Crippen LogP contribution in [0.1, 0.15) is 26.0 Å². The number of nitrogens with one attached hydrogen (secondary N) is 2. The lowest BCUT2D eigenvalue weighted by Crippen LogP contribution is -2.48. The van der Waals surface area contributed by atoms with Gasteiger partial charge >= 0.3 is 11.9 Å². The molecule has 0 bridgehead atoms. The van der Waals surface area contributed by atoms with Crippen LogP contribution in [0.3, 0.4) is 0 Å². The Bertz CT molecular complexity index is 945. The van der Waals surface area contributed by atoms with Gasteiger partial charge in [0, 0.05) is 12.5 Å². The maximum atomic E-state index is 11.6. The van der Waals surface area contributed by atoms with Crippen LogP contribution in [0.4, 0.5) is 0 Å². The van der Waals surface area contributed by atoms with Gasteiger partial charge in [-0.05, 0) is 24.5 Å². The highest BCUT2D eigenvalue weighted by Gasteiger charge is 2.28. The van der Waals surface area contributed by atoms with Crippen LogP contribution in [0, 0.1) is 5.92 Å². The largest absolute Gasteiger partial charge is 0.480 e. The van der Waals surface area contributed by atoms with Crippen molar-refractivity contribution < 1.29 is 24.3 Å². The molecular weight excluding hydrogens is 364 g/mol. The molecule has 3 rings (SSSR count). The molecule has 28 heavy (non-hydrogen) atoms. The van der Waals surface area contributed by atoms with Crippen LogP contribution in [0.15, 0.2) is 34.9 Å². The second-order valence-electron chi connectivity index (χ2n) is 7.07. The maximum absolute atomic E-state index is 11.6. The first-order valence-electron chi connectivity index (χ1n) is 8.96. The number of rotatable bonds is 9. The van der Waals surface area contributed by atoms with Gasteiger partial charge in [0.1, 0.15) is 12.1 Å². The van der Waals surface area contributed by atoms with Crippen molar-refractivity contribution in [3.63, 3.8) is 0 Å². The van der Waals surface area contributed by atoms with Crippen LogP contribution < -0.4 is 5.32 Å². The fourth-order valence-corrected chi connectivity index (χ4v) is 2.97. The van der Waals surface area contributed by atoms with Crippen molar-refractivity contribution in [3.8, 4) is 11.6 Å². The minimum Gasteiger partial charge on any atom is -0.480 e. The summed E-state index contributed by atoms with van der Waals surface area (Å²) in [6.45, 7) is 3.76. The van der Waals surface area contributed by atoms with Gasteiger partial charge in [-0.25, -0.2) is 4.98 Å². The van der Waals surface area contributed by atoms with Crippen molar-refractivity contribution in [2.24, 2.45) is 5.92 Å². The Morgan fingerprint density at radius 1 is 1.18 bits per heavy atom. The molecule has 0 fully saturated rings. The first kappa shape index (κ1) is 19.6. The SMILES string of the molecule is CC(C)C[C@H](N[C@@H](Cc1cc(-c2nc3ccccc3[nH]2)on1)C(=O)O)C(=O)O. The molecule has 148 valence electrons. The van der Waals surface area contributed by atoms with Crippen molar-refractivity contribution in [1.29, 1.82) is 0 Å². The number of carboxylic acids is 2. The highest BCUT2D eigenvalue weighted by atomic mass is 16.5. The molecule has 0 saturated carbocycles. The van der Waals surface area contributed by atoms with E-state index in [0.29, 0.717) is 23.7 Å². The summed E-state index contributed by atoms with van der Waals surface area (Å²) in [6, 6.07) is 7.04. The quantitative estimate of drug-likeness (QED) is 0.439. The maximum Gasteiger partial charge on any atom is 0.321 e. The first-order valence-corrected chi connectivity index (χ1v) is 8.96. The monoisotopic (exact) mass is 386 g/mol. The predicted octanol–water partition coefficient (Wildman–Crippen LogP) is 2.30. The van der Waals surface area contributed by atoms with Gasteiger partial charge in [-0.3, -0.25) is 14.9 Å². The van der Waals surface area contributed by atoms with Crippen LogP contribution in [-0.2, 0) is 16.0 Å². The minimum atomic E-state index is -1.15. The molecule has 0 spiro atoms. The summed E-state index contributed by atoms with van der Waals surface area (Å²) in [5.41, 5.74) is 2.01. The van der Waals surface area contributed by atoms with Gasteiger partial charge in [0.05, 0.1) is 16.7 Å². The van der Waals surface area contributed by atoms with E-state index in [4.69, 9.17) is 4.52 Å². The third kappa shape index (κ3) is 4.55. The summed E-state index contributed by atoms with van der Waals surface area (Å²) in [5.74, 6) is -1.25. The number of benzene rings is 1. The van der Waals surface area contributed by atoms with Crippen LogP contribution in [0.25, 0.3) is 22.6 Å². The lowest BCUT2D eigenvalue weighted by atomic mass is 10.0. The van der Waals surface area contributed by atoms with Crippen LogP contribution >= 0.6 is 0 Å². The Morgan fingerprint density at radius 3 is 2.54 bits per heavy atom. The second kappa shape index (κ2) is 8.22. The first-order chi connectivity index (χ1) is 13.3. The van der Waals surface area contributed by atoms with E-state index in [0.717, 1.165) is 11.0 Å². The van der Waals surface area contributed by atoms with Crippen molar-refractivity contribution in [2.75, 3.05) is 0 Å². The van der Waals surface area contributed by atoms with Gasteiger partial charge in [-0.15, -0.1) is 0 Å². The van der Waals surface area contributed by atoms with Gasteiger partial charge in [0.25, 0.3) is 0 Å². The number of aliphatic carboxylic acids is 2. The Labute approximate surface area is 160 Å². The Balaban J connectivity index is 1.75. The average molecular weight is 386 g/mol. The number of hydrogen-bond acceptors (Lipinski definition) is 6. The van der Waals surface area contributed by atoms with Crippen molar-refractivity contribution in [2.45, 2.75) is 38.8 Å². The summed E-state index contributed by atoms with van der Waals surface area (Å²) in [5, 5.41) is 25.4. The van der Waals surface area contributed by atoms with Gasteiger partial charge in [-0.2, -0.15) is 0 Å². The summed E-state index contributed by atoms with van der Waals surface area (Å²) in [7, 11) is 0. The molecule has 9 nitrogen and oxygen atoms in total. The van der Waals surface area contributed by atoms with Crippen molar-refractivity contribution in [1.82, 2.24) is 20.4 Å². The van der Waals surface area contributed by atoms with E-state index in [-0.39, 0.29) is 12.3 Å². The standard InChI is InChI=1S/C19H22N4O5/c1-10(2)7-14(18(24)25)20-15(19(26)27)8-11-9-16(28-23-11)17-21-12-5-3-4-6-13(12)22-17/h3-6,9-10,14-15,20H,7-8H2,1-2H3,(H,21,22)(H,24,25)(H,26,27)/t14-,15-/m0/s1. The van der Waals surface area contributed by atoms with Crippen LogP contribution in [0.5, 0.6) is 0 Å². The van der Waals surface area contributed by atoms with Gasteiger partial charge in [0.15, 0.2) is 5.82 Å². The van der Waals surface area contributed by atoms with Crippen molar-refractivity contribution >= 4 is 23.0 Å². The van der Waals surface area contributed by atoms with Crippen LogP contribution in [-0.4, -0.2) is 49.4 Å². The molecule has 0 radical (unpaired) electrons. The summed E-state index contributed by atoms with van der Waals surface area (Å²) in [4.78, 5) is 30.6. The molecular formula is C19H22N4O5. The highest BCUT2D eigenvalue weighted by molar-refractivity contribution is 5.79. The van der Waals surface area contributed by atoms with Gasteiger partial charge < -0.3 is 19.7 Å². The zero-order valence-corrected chi connectivity index (χ0v) is 15.5. The van der Waals surface area contributed by atoms with Crippen molar-refractivity contribution in [3.05, 3.63) is 36.0 Å². The molecule has 3 aromatic rings. The van der Waals surface area contributed by atoms with E-state index in [9.17, 15) is 19.8 Å². The Kier molecular flexibility index (Phi) is 5.74. The fourth-order valence-electron chi connectivity index (χ4n) is 2.97. The van der Waals surface area contributed by atoms with E-state index >= 15 is 0 Å². The third-order valence-electron chi connectivity index (χ3n) is 4.30. The zero-order valence-electron chi connectivity index (χ0n) is 15.5. The molecule has 9 heteroatoms. The topological polar surface area (TPSA) is 141 Å². The molecule has 0 unspecified atom stereocenters. The molecule has 1 aromatic carbocycles. The van der Waals surface area contributed by atoms with E-state index in [1.807, 2.05) is 38.1 Å². The normalized spacial score (nSPS) is 13.7. The van der Waals surface area contributed by atoms with Crippen LogP contribution in [0.2, 0.25) is 0 Å². The number of nitrogens with zero attached hydrogens (tertiary/aromatic N) is 2. The number of carboxylic acid groups (broad SMARTS) is 2. The Morgan fingerprint density at radius 2 is 1.89 bits per heavy atom. The molecule has 2 heterocycles. The second-order valence-corrected chi connectivity index (χ2v) is 7.07. The smallest absolute Gasteiger partial charge is 0.321 e. The molecule has 2 atom stereocenters. The number of H-pyrrole nitrogens is 1. The number of fused-ring (bicyclic) bond motifs is 1. The number of aromatic nitrogens is 3. The van der Waals surface area contributed by atoms with E-state index < -0.39 is 24.0 Å². The molecule has 0 aliphatic carbocycles. The molecule has 0 aliphatic rings. The Hall–Kier alpha value is -3.20. The van der Waals surface area contributed by atoms with E-state index in [1.165, 1.54) is 0 Å². The van der Waals surface area contributed by atoms with Gasteiger partial charge in [-0.1, -0.05) is 31.1 Å². The molecule has 0 aliphatic heterocycles. The van der Waals surface area contributed by atoms with E-state index in [1.54, 1.807) is 6.07 Å². The number of carbonyl (C=O) groups is 2. The summed E-state index contributed by atoms with van der Waals surface area (Å²) in [6.07, 6.45) is 0.309. The highest BCUT2D eigenvalue weighted by Crippen LogP contribution is 2.21. The minimum absolute atomic E-state index is 0.0130. The number of para-hydroxylation sites is 2. The fraction of sp³-hybridized carbons (Fsp3) is 0.368.